The number of nitro groups is 1. The molecule has 1 atom stereocenters. The quantitative estimate of drug-likeness (QED) is 0.253. The summed E-state index contributed by atoms with van der Waals surface area (Å²) in [5.74, 6) is 0.653. The number of tetrazole rings is 1. The maximum atomic E-state index is 11.6. The summed E-state index contributed by atoms with van der Waals surface area (Å²) in [6.07, 6.45) is 4.35. The Labute approximate surface area is 222 Å². The Kier molecular flexibility index (Phi) is 7.67. The third kappa shape index (κ3) is 5.53. The van der Waals surface area contributed by atoms with Crippen molar-refractivity contribution >= 4 is 11.8 Å². The molecule has 1 unspecified atom stereocenters. The Morgan fingerprint density at radius 1 is 0.947 bits per heavy atom. The van der Waals surface area contributed by atoms with Crippen LogP contribution in [-0.2, 0) is 0 Å². The van der Waals surface area contributed by atoms with Crippen molar-refractivity contribution in [3.8, 4) is 5.69 Å². The fourth-order valence-corrected chi connectivity index (χ4v) is 5.10. The Morgan fingerprint density at radius 3 is 2.37 bits per heavy atom. The molecule has 5 rings (SSSR count). The Bertz CT molecular complexity index is 1410. The summed E-state index contributed by atoms with van der Waals surface area (Å²) in [4.78, 5) is 16.0. The zero-order valence-electron chi connectivity index (χ0n) is 21.6. The van der Waals surface area contributed by atoms with Crippen LogP contribution in [0.2, 0.25) is 0 Å². The highest BCUT2D eigenvalue weighted by atomic mass is 16.6. The molecule has 9 heteroatoms. The molecule has 38 heavy (non-hydrogen) atoms. The molecule has 1 saturated heterocycles. The maximum absolute atomic E-state index is 11.6. The molecule has 0 amide bonds. The second-order valence-electron chi connectivity index (χ2n) is 9.59. The first-order valence-corrected chi connectivity index (χ1v) is 12.8. The predicted molar refractivity (Wildman–Crippen MR) is 147 cm³/mol. The average molecular weight is 510 g/mol. The topological polar surface area (TPSA) is 93.2 Å². The number of nitro benzene ring substituents is 1. The van der Waals surface area contributed by atoms with Crippen molar-refractivity contribution in [1.82, 2.24) is 30.0 Å². The molecular weight excluding hydrogens is 478 g/mol. The van der Waals surface area contributed by atoms with Crippen LogP contribution in [-0.4, -0.2) is 67.7 Å². The maximum Gasteiger partial charge on any atom is 0.269 e. The number of hydrogen-bond acceptors (Lipinski definition) is 7. The summed E-state index contributed by atoms with van der Waals surface area (Å²) in [6, 6.07) is 22.9. The third-order valence-corrected chi connectivity index (χ3v) is 7.03. The highest BCUT2D eigenvalue weighted by molar-refractivity contribution is 5.49. The van der Waals surface area contributed by atoms with Crippen LogP contribution >= 0.6 is 0 Å². The van der Waals surface area contributed by atoms with Gasteiger partial charge in [-0.1, -0.05) is 72.8 Å². The normalized spacial score (nSPS) is 15.6. The van der Waals surface area contributed by atoms with Crippen LogP contribution in [0.3, 0.4) is 0 Å². The first kappa shape index (κ1) is 25.4. The van der Waals surface area contributed by atoms with Crippen molar-refractivity contribution in [3.63, 3.8) is 0 Å². The van der Waals surface area contributed by atoms with Gasteiger partial charge < -0.3 is 0 Å². The molecule has 1 aromatic heterocycles. The third-order valence-electron chi connectivity index (χ3n) is 7.03. The molecule has 3 aromatic carbocycles. The Balaban J connectivity index is 1.43. The van der Waals surface area contributed by atoms with Crippen LogP contribution in [0, 0.1) is 24.0 Å². The molecule has 1 aliphatic rings. The number of nitrogens with zero attached hydrogens (tertiary/aromatic N) is 7. The lowest BCUT2D eigenvalue weighted by molar-refractivity contribution is -0.384. The minimum Gasteiger partial charge on any atom is -0.297 e. The van der Waals surface area contributed by atoms with E-state index in [0.717, 1.165) is 55.1 Å². The van der Waals surface area contributed by atoms with Gasteiger partial charge >= 0.3 is 0 Å². The highest BCUT2D eigenvalue weighted by Crippen LogP contribution is 2.32. The molecule has 1 fully saturated rings. The predicted octanol–water partition coefficient (Wildman–Crippen LogP) is 4.61. The molecular formula is C29H31N7O2. The molecule has 0 N–H and O–H groups in total. The number of benzene rings is 3. The molecule has 0 radical (unpaired) electrons. The van der Waals surface area contributed by atoms with E-state index in [2.05, 4.69) is 49.6 Å². The van der Waals surface area contributed by atoms with Gasteiger partial charge in [0.05, 0.1) is 16.7 Å². The number of non-ortho nitro benzene ring substituents is 1. The Hall–Kier alpha value is -4.21. The van der Waals surface area contributed by atoms with Crippen molar-refractivity contribution in [1.29, 1.82) is 0 Å². The van der Waals surface area contributed by atoms with Gasteiger partial charge in [-0.25, -0.2) is 0 Å². The van der Waals surface area contributed by atoms with E-state index in [4.69, 9.17) is 0 Å². The van der Waals surface area contributed by atoms with Gasteiger partial charge in [0.15, 0.2) is 5.82 Å². The molecule has 194 valence electrons. The van der Waals surface area contributed by atoms with Crippen molar-refractivity contribution in [2.24, 2.45) is 0 Å². The molecule has 4 aromatic rings. The summed E-state index contributed by atoms with van der Waals surface area (Å²) in [5.41, 5.74) is 5.11. The lowest BCUT2D eigenvalue weighted by Gasteiger charge is -2.38. The molecule has 2 heterocycles. The molecule has 0 aliphatic carbocycles. The zero-order chi connectivity index (χ0) is 26.5. The van der Waals surface area contributed by atoms with Gasteiger partial charge in [0.25, 0.3) is 5.69 Å². The van der Waals surface area contributed by atoms with Crippen molar-refractivity contribution in [2.45, 2.75) is 19.9 Å². The van der Waals surface area contributed by atoms with Gasteiger partial charge in [-0.3, -0.25) is 19.9 Å². The summed E-state index contributed by atoms with van der Waals surface area (Å²) in [7, 11) is 0. The number of rotatable bonds is 8. The lowest BCUT2D eigenvalue weighted by atomic mass is 10.0. The second-order valence-corrected chi connectivity index (χ2v) is 9.59. The van der Waals surface area contributed by atoms with Crippen molar-refractivity contribution < 1.29 is 4.92 Å². The van der Waals surface area contributed by atoms with Crippen LogP contribution in [0.15, 0.2) is 78.9 Å². The SMILES string of the molecule is Cc1cccc(C)c1-n1nnnc1C(c1cccc([N+](=O)[O-])c1)N1CCN(C/C=C/c2ccccc2)CC1. The van der Waals surface area contributed by atoms with E-state index in [1.807, 2.05) is 56.3 Å². The summed E-state index contributed by atoms with van der Waals surface area (Å²) < 4.78 is 1.79. The Morgan fingerprint density at radius 2 is 1.66 bits per heavy atom. The van der Waals surface area contributed by atoms with E-state index in [1.54, 1.807) is 16.8 Å². The number of hydrogen-bond donors (Lipinski definition) is 0. The molecule has 0 spiro atoms. The van der Waals surface area contributed by atoms with Gasteiger partial charge in [-0.15, -0.1) is 5.10 Å². The van der Waals surface area contributed by atoms with E-state index >= 15 is 0 Å². The smallest absolute Gasteiger partial charge is 0.269 e. The summed E-state index contributed by atoms with van der Waals surface area (Å²) in [6.45, 7) is 8.25. The molecule has 0 saturated carbocycles. The fourth-order valence-electron chi connectivity index (χ4n) is 5.10. The monoisotopic (exact) mass is 509 g/mol. The van der Waals surface area contributed by atoms with Gasteiger partial charge in [-0.2, -0.15) is 4.68 Å². The summed E-state index contributed by atoms with van der Waals surface area (Å²) >= 11 is 0. The minimum atomic E-state index is -0.355. The van der Waals surface area contributed by atoms with Gasteiger partial charge in [0.2, 0.25) is 0 Å². The van der Waals surface area contributed by atoms with E-state index in [1.165, 1.54) is 11.6 Å². The van der Waals surface area contributed by atoms with Crippen LogP contribution in [0.5, 0.6) is 0 Å². The van der Waals surface area contributed by atoms with E-state index < -0.39 is 0 Å². The van der Waals surface area contributed by atoms with Gasteiger partial charge in [0.1, 0.15) is 0 Å². The average Bonchev–Trinajstić information content (AvgIpc) is 3.39. The van der Waals surface area contributed by atoms with E-state index in [0.29, 0.717) is 5.82 Å². The molecule has 0 bridgehead atoms. The molecule has 1 aliphatic heterocycles. The number of aromatic nitrogens is 4. The van der Waals surface area contributed by atoms with Gasteiger partial charge in [-0.05, 0) is 46.5 Å². The summed E-state index contributed by atoms with van der Waals surface area (Å²) in [5, 5.41) is 24.5. The zero-order valence-corrected chi connectivity index (χ0v) is 21.6. The van der Waals surface area contributed by atoms with E-state index in [9.17, 15) is 10.1 Å². The van der Waals surface area contributed by atoms with Crippen LogP contribution in [0.25, 0.3) is 11.8 Å². The number of piperazine rings is 1. The fraction of sp³-hybridized carbons (Fsp3) is 0.276. The first-order valence-electron chi connectivity index (χ1n) is 12.8. The van der Waals surface area contributed by atoms with Crippen molar-refractivity contribution in [3.05, 3.63) is 117 Å². The molecule has 9 nitrogen and oxygen atoms in total. The van der Waals surface area contributed by atoms with Crippen molar-refractivity contribution in [2.75, 3.05) is 32.7 Å². The lowest BCUT2D eigenvalue weighted by Crippen LogP contribution is -2.48. The standard InChI is InChI=1S/C29H31N7O2/c1-22-9-6-10-23(2)27(22)35-29(30-31-32-35)28(25-14-7-15-26(21-25)36(37)38)34-19-17-33(18-20-34)16-8-13-24-11-4-3-5-12-24/h3-15,21,28H,16-20H2,1-2H3/b13-8+. The van der Waals surface area contributed by atoms with Crippen LogP contribution < -0.4 is 0 Å². The second kappa shape index (κ2) is 11.5. The number of para-hydroxylation sites is 1. The minimum absolute atomic E-state index is 0.0586. The first-order chi connectivity index (χ1) is 18.5. The van der Waals surface area contributed by atoms with Crippen LogP contribution in [0.4, 0.5) is 5.69 Å². The van der Waals surface area contributed by atoms with Crippen LogP contribution in [0.1, 0.15) is 34.1 Å². The highest BCUT2D eigenvalue weighted by Gasteiger charge is 2.32. The largest absolute Gasteiger partial charge is 0.297 e. The van der Waals surface area contributed by atoms with E-state index in [-0.39, 0.29) is 16.7 Å². The van der Waals surface area contributed by atoms with Gasteiger partial charge in [0, 0.05) is 44.9 Å². The number of aryl methyl sites for hydroxylation is 2.